The van der Waals surface area contributed by atoms with Gasteiger partial charge in [0.05, 0.1) is 0 Å². The van der Waals surface area contributed by atoms with Crippen LogP contribution in [0.2, 0.25) is 0 Å². The SMILES string of the molecule is C=C(CC)CC(=O)Cc1cccc2ccccc12. The number of carbonyl (C=O) groups is 1. The molecule has 0 aliphatic heterocycles. The van der Waals surface area contributed by atoms with E-state index in [0.29, 0.717) is 12.8 Å². The largest absolute Gasteiger partial charge is 0.299 e. The van der Waals surface area contributed by atoms with Crippen molar-refractivity contribution in [2.75, 3.05) is 0 Å². The molecule has 0 atom stereocenters. The molecule has 0 saturated heterocycles. The molecular weight excluding hydrogens is 220 g/mol. The lowest BCUT2D eigenvalue weighted by Gasteiger charge is -2.06. The van der Waals surface area contributed by atoms with Gasteiger partial charge in [-0.25, -0.2) is 0 Å². The molecule has 0 bridgehead atoms. The maximum atomic E-state index is 12.0. The lowest BCUT2D eigenvalue weighted by atomic mass is 9.98. The van der Waals surface area contributed by atoms with Crippen molar-refractivity contribution in [3.05, 3.63) is 60.2 Å². The first-order valence-electron chi connectivity index (χ1n) is 6.35. The van der Waals surface area contributed by atoms with E-state index >= 15 is 0 Å². The molecule has 2 rings (SSSR count). The Hall–Kier alpha value is -1.89. The maximum absolute atomic E-state index is 12.0. The van der Waals surface area contributed by atoms with E-state index in [4.69, 9.17) is 0 Å². The van der Waals surface area contributed by atoms with Crippen molar-refractivity contribution in [2.24, 2.45) is 0 Å². The molecule has 92 valence electrons. The number of Topliss-reactive ketones (excluding diaryl/α,β-unsaturated/α-hetero) is 1. The van der Waals surface area contributed by atoms with Crippen molar-refractivity contribution in [3.8, 4) is 0 Å². The standard InChI is InChI=1S/C17H18O/c1-3-13(2)11-16(18)12-15-9-6-8-14-7-4-5-10-17(14)15/h4-10H,2-3,11-12H2,1H3. The van der Waals surface area contributed by atoms with Crippen molar-refractivity contribution in [2.45, 2.75) is 26.2 Å². The molecule has 0 heterocycles. The van der Waals surface area contributed by atoms with Gasteiger partial charge in [-0.2, -0.15) is 0 Å². The normalized spacial score (nSPS) is 10.5. The third kappa shape index (κ3) is 2.86. The Kier molecular flexibility index (Phi) is 3.93. The number of benzene rings is 2. The van der Waals surface area contributed by atoms with Crippen molar-refractivity contribution >= 4 is 16.6 Å². The van der Waals surface area contributed by atoms with E-state index in [1.807, 2.05) is 31.2 Å². The smallest absolute Gasteiger partial charge is 0.141 e. The van der Waals surface area contributed by atoms with Crippen molar-refractivity contribution in [1.82, 2.24) is 0 Å². The molecule has 1 nitrogen and oxygen atoms in total. The minimum Gasteiger partial charge on any atom is -0.299 e. The number of ketones is 1. The zero-order valence-electron chi connectivity index (χ0n) is 10.8. The molecule has 1 heteroatoms. The summed E-state index contributed by atoms with van der Waals surface area (Å²) in [6.07, 6.45) is 1.88. The van der Waals surface area contributed by atoms with E-state index in [9.17, 15) is 4.79 Å². The molecule has 0 fully saturated rings. The van der Waals surface area contributed by atoms with Crippen LogP contribution in [0.25, 0.3) is 10.8 Å². The fourth-order valence-electron chi connectivity index (χ4n) is 2.13. The number of hydrogen-bond donors (Lipinski definition) is 0. The van der Waals surface area contributed by atoms with E-state index in [1.54, 1.807) is 0 Å². The van der Waals surface area contributed by atoms with Crippen molar-refractivity contribution in [3.63, 3.8) is 0 Å². The Balaban J connectivity index is 2.21. The van der Waals surface area contributed by atoms with Crippen LogP contribution in [0.15, 0.2) is 54.6 Å². The summed E-state index contributed by atoms with van der Waals surface area (Å²) in [5.74, 6) is 0.248. The number of rotatable bonds is 5. The average molecular weight is 238 g/mol. The second-order valence-corrected chi connectivity index (χ2v) is 4.63. The Morgan fingerprint density at radius 1 is 1.11 bits per heavy atom. The molecule has 0 aromatic heterocycles. The van der Waals surface area contributed by atoms with Crippen LogP contribution in [0, 0.1) is 0 Å². The molecule has 0 spiro atoms. The third-order valence-electron chi connectivity index (χ3n) is 3.21. The highest BCUT2D eigenvalue weighted by atomic mass is 16.1. The minimum atomic E-state index is 0.248. The van der Waals surface area contributed by atoms with Gasteiger partial charge in [0, 0.05) is 12.8 Å². The van der Waals surface area contributed by atoms with Crippen LogP contribution in [0.1, 0.15) is 25.3 Å². The zero-order chi connectivity index (χ0) is 13.0. The summed E-state index contributed by atoms with van der Waals surface area (Å²) in [6, 6.07) is 14.3. The Morgan fingerprint density at radius 3 is 2.61 bits per heavy atom. The fraction of sp³-hybridized carbons (Fsp3) is 0.235. The van der Waals surface area contributed by atoms with Gasteiger partial charge in [0.25, 0.3) is 0 Å². The van der Waals surface area contributed by atoms with Gasteiger partial charge in [0.2, 0.25) is 0 Å². The summed E-state index contributed by atoms with van der Waals surface area (Å²) in [6.45, 7) is 5.93. The summed E-state index contributed by atoms with van der Waals surface area (Å²) in [5, 5.41) is 2.37. The highest BCUT2D eigenvalue weighted by molar-refractivity contribution is 5.91. The van der Waals surface area contributed by atoms with Gasteiger partial charge in [0.15, 0.2) is 0 Å². The molecule has 0 N–H and O–H groups in total. The Bertz CT molecular complexity index is 576. The maximum Gasteiger partial charge on any atom is 0.141 e. The Labute approximate surface area is 108 Å². The first kappa shape index (κ1) is 12.6. The molecule has 0 aliphatic carbocycles. The fourth-order valence-corrected chi connectivity index (χ4v) is 2.13. The topological polar surface area (TPSA) is 17.1 Å². The van der Waals surface area contributed by atoms with E-state index < -0.39 is 0 Å². The van der Waals surface area contributed by atoms with E-state index in [-0.39, 0.29) is 5.78 Å². The highest BCUT2D eigenvalue weighted by Crippen LogP contribution is 2.20. The van der Waals surface area contributed by atoms with Crippen LogP contribution in [0.4, 0.5) is 0 Å². The van der Waals surface area contributed by atoms with Crippen LogP contribution in [-0.4, -0.2) is 5.78 Å². The van der Waals surface area contributed by atoms with Crippen molar-refractivity contribution < 1.29 is 4.79 Å². The first-order valence-corrected chi connectivity index (χ1v) is 6.35. The third-order valence-corrected chi connectivity index (χ3v) is 3.21. The molecule has 2 aromatic carbocycles. The molecule has 0 aliphatic rings. The molecule has 0 amide bonds. The summed E-state index contributed by atoms with van der Waals surface area (Å²) >= 11 is 0. The van der Waals surface area contributed by atoms with E-state index in [0.717, 1.165) is 17.6 Å². The van der Waals surface area contributed by atoms with Crippen LogP contribution in [0.5, 0.6) is 0 Å². The zero-order valence-corrected chi connectivity index (χ0v) is 10.8. The van der Waals surface area contributed by atoms with Crippen LogP contribution in [0.3, 0.4) is 0 Å². The van der Waals surface area contributed by atoms with E-state index in [2.05, 4.69) is 24.8 Å². The van der Waals surface area contributed by atoms with Crippen LogP contribution < -0.4 is 0 Å². The molecule has 0 radical (unpaired) electrons. The minimum absolute atomic E-state index is 0.248. The number of allylic oxidation sites excluding steroid dienone is 1. The molecule has 18 heavy (non-hydrogen) atoms. The van der Waals surface area contributed by atoms with Crippen LogP contribution in [-0.2, 0) is 11.2 Å². The van der Waals surface area contributed by atoms with Gasteiger partial charge >= 0.3 is 0 Å². The van der Waals surface area contributed by atoms with E-state index in [1.165, 1.54) is 10.8 Å². The summed E-state index contributed by atoms with van der Waals surface area (Å²) in [4.78, 5) is 12.0. The second-order valence-electron chi connectivity index (χ2n) is 4.63. The molecule has 0 saturated carbocycles. The molecule has 2 aromatic rings. The highest BCUT2D eigenvalue weighted by Gasteiger charge is 2.07. The van der Waals surface area contributed by atoms with Gasteiger partial charge in [-0.15, -0.1) is 0 Å². The average Bonchev–Trinajstić information content (AvgIpc) is 2.39. The summed E-state index contributed by atoms with van der Waals surface area (Å²) < 4.78 is 0. The predicted molar refractivity (Wildman–Crippen MR) is 76.7 cm³/mol. The molecular formula is C17H18O. The van der Waals surface area contributed by atoms with Crippen molar-refractivity contribution in [1.29, 1.82) is 0 Å². The Morgan fingerprint density at radius 2 is 1.83 bits per heavy atom. The van der Waals surface area contributed by atoms with Gasteiger partial charge in [0.1, 0.15) is 5.78 Å². The lowest BCUT2D eigenvalue weighted by molar-refractivity contribution is -0.117. The second kappa shape index (κ2) is 5.63. The van der Waals surface area contributed by atoms with Gasteiger partial charge in [-0.3, -0.25) is 4.79 Å². The number of hydrogen-bond acceptors (Lipinski definition) is 1. The van der Waals surface area contributed by atoms with Crippen LogP contribution >= 0.6 is 0 Å². The molecule has 0 unspecified atom stereocenters. The van der Waals surface area contributed by atoms with Gasteiger partial charge < -0.3 is 0 Å². The first-order chi connectivity index (χ1) is 8.70. The monoisotopic (exact) mass is 238 g/mol. The number of carbonyl (C=O) groups excluding carboxylic acids is 1. The lowest BCUT2D eigenvalue weighted by Crippen LogP contribution is -2.04. The summed E-state index contributed by atoms with van der Waals surface area (Å²) in [5.41, 5.74) is 2.13. The number of fused-ring (bicyclic) bond motifs is 1. The quantitative estimate of drug-likeness (QED) is 0.709. The summed E-state index contributed by atoms with van der Waals surface area (Å²) in [7, 11) is 0. The predicted octanol–water partition coefficient (Wildman–Crippen LogP) is 4.31. The van der Waals surface area contributed by atoms with Gasteiger partial charge in [-0.05, 0) is 22.8 Å². The van der Waals surface area contributed by atoms with Gasteiger partial charge in [-0.1, -0.05) is 61.5 Å².